The van der Waals surface area contributed by atoms with Gasteiger partial charge in [-0.2, -0.15) is 0 Å². The lowest BCUT2D eigenvalue weighted by Gasteiger charge is -2.16. The van der Waals surface area contributed by atoms with Gasteiger partial charge in [0.25, 0.3) is 11.2 Å². The molecule has 0 atom stereocenters. The van der Waals surface area contributed by atoms with Crippen LogP contribution in [0.1, 0.15) is 11.3 Å². The molecule has 1 heterocycles. The number of hydrogen-bond donors (Lipinski definition) is 0. The molecule has 0 aliphatic carbocycles. The van der Waals surface area contributed by atoms with E-state index in [2.05, 4.69) is 0 Å². The number of benzene rings is 2. The predicted molar refractivity (Wildman–Crippen MR) is 79.0 cm³/mol. The van der Waals surface area contributed by atoms with Crippen molar-refractivity contribution in [2.24, 2.45) is 0 Å². The number of fused-ring (bicyclic) bond motifs is 1. The maximum absolute atomic E-state index is 12.6. The van der Waals surface area contributed by atoms with Gasteiger partial charge in [0.2, 0.25) is 0 Å². The molecule has 100 valence electrons. The Labute approximate surface area is 116 Å². The van der Waals surface area contributed by atoms with Crippen LogP contribution in [-0.2, 0) is 0 Å². The molecule has 0 aliphatic rings. The Morgan fingerprint density at radius 2 is 1.65 bits per heavy atom. The van der Waals surface area contributed by atoms with Crippen molar-refractivity contribution in [3.05, 3.63) is 69.9 Å². The van der Waals surface area contributed by atoms with Crippen LogP contribution in [0.15, 0.2) is 48.5 Å². The minimum Gasteiger partial charge on any atom is -0.805 e. The Morgan fingerprint density at radius 3 is 2.35 bits per heavy atom. The van der Waals surface area contributed by atoms with E-state index in [0.29, 0.717) is 22.4 Å². The summed E-state index contributed by atoms with van der Waals surface area (Å²) in [5.74, 6) is 0. The number of nitrogens with zero attached hydrogens (tertiary/aromatic N) is 2. The molecular formula is C16H14N2O2. The number of aromatic nitrogens is 2. The van der Waals surface area contributed by atoms with Crippen LogP contribution in [0.5, 0.6) is 0 Å². The van der Waals surface area contributed by atoms with Crippen molar-refractivity contribution in [3.8, 4) is 11.3 Å². The molecule has 0 fully saturated rings. The summed E-state index contributed by atoms with van der Waals surface area (Å²) in [6.45, 7) is 3.65. The van der Waals surface area contributed by atoms with Crippen molar-refractivity contribution in [3.63, 3.8) is 0 Å². The smallest absolute Gasteiger partial charge is 0.289 e. The maximum Gasteiger partial charge on any atom is 0.289 e. The Kier molecular flexibility index (Phi) is 2.79. The lowest BCUT2D eigenvalue weighted by atomic mass is 10.1. The third-order valence-corrected chi connectivity index (χ3v) is 3.49. The molecular weight excluding hydrogens is 252 g/mol. The first-order chi connectivity index (χ1) is 9.59. The highest BCUT2D eigenvalue weighted by Crippen LogP contribution is 2.22. The predicted octanol–water partition coefficient (Wildman–Crippen LogP) is 3.19. The van der Waals surface area contributed by atoms with Crippen molar-refractivity contribution >= 4 is 11.0 Å². The van der Waals surface area contributed by atoms with Crippen LogP contribution in [0.3, 0.4) is 0 Å². The van der Waals surface area contributed by atoms with Gasteiger partial charge in [-0.3, -0.25) is 0 Å². The summed E-state index contributed by atoms with van der Waals surface area (Å²) in [7, 11) is 0. The van der Waals surface area contributed by atoms with Crippen molar-refractivity contribution in [2.45, 2.75) is 13.8 Å². The topological polar surface area (TPSA) is 51.0 Å². The summed E-state index contributed by atoms with van der Waals surface area (Å²) in [5, 5.41) is 12.3. The van der Waals surface area contributed by atoms with Crippen molar-refractivity contribution < 1.29 is 4.43 Å². The quantitative estimate of drug-likeness (QED) is 0.635. The Hall–Kier alpha value is -2.62. The third-order valence-electron chi connectivity index (χ3n) is 3.49. The number of para-hydroxylation sites is 2. The van der Waals surface area contributed by atoms with Crippen molar-refractivity contribution in [1.29, 1.82) is 0 Å². The van der Waals surface area contributed by atoms with Crippen LogP contribution in [0, 0.1) is 24.0 Å². The molecule has 0 bridgehead atoms. The van der Waals surface area contributed by atoms with Crippen molar-refractivity contribution in [2.75, 3.05) is 0 Å². The first-order valence-corrected chi connectivity index (χ1v) is 6.41. The van der Waals surface area contributed by atoms with Crippen LogP contribution in [0.2, 0.25) is 0 Å². The van der Waals surface area contributed by atoms with Crippen LogP contribution in [-0.4, -0.2) is 4.73 Å². The fourth-order valence-corrected chi connectivity index (χ4v) is 2.39. The number of rotatable bonds is 1. The molecule has 0 saturated carbocycles. The lowest BCUT2D eigenvalue weighted by molar-refractivity contribution is -0.452. The van der Waals surface area contributed by atoms with E-state index in [4.69, 9.17) is 0 Å². The molecule has 2 aromatic carbocycles. The van der Waals surface area contributed by atoms with E-state index in [1.165, 1.54) is 0 Å². The van der Waals surface area contributed by atoms with E-state index in [0.717, 1.165) is 20.3 Å². The van der Waals surface area contributed by atoms with Crippen molar-refractivity contribution in [1.82, 2.24) is 4.73 Å². The lowest BCUT2D eigenvalue weighted by Crippen LogP contribution is -2.23. The average molecular weight is 266 g/mol. The van der Waals surface area contributed by atoms with Gasteiger partial charge in [-0.1, -0.05) is 29.8 Å². The molecule has 4 nitrogen and oxygen atoms in total. The highest BCUT2D eigenvalue weighted by atomic mass is 16.5. The van der Waals surface area contributed by atoms with Gasteiger partial charge in [-0.25, -0.2) is 0 Å². The van der Waals surface area contributed by atoms with Gasteiger partial charge < -0.3 is 9.94 Å². The third kappa shape index (κ3) is 1.77. The molecule has 0 saturated heterocycles. The minimum absolute atomic E-state index is 0.378. The summed E-state index contributed by atoms with van der Waals surface area (Å²) in [4.78, 5) is 12.6. The largest absolute Gasteiger partial charge is 0.805 e. The molecule has 0 N–H and O–H groups in total. The Morgan fingerprint density at radius 1 is 1.00 bits per heavy atom. The second-order valence-corrected chi connectivity index (χ2v) is 4.88. The fourth-order valence-electron chi connectivity index (χ4n) is 2.39. The molecule has 1 aromatic heterocycles. The molecule has 0 spiro atoms. The van der Waals surface area contributed by atoms with E-state index >= 15 is 0 Å². The number of hydrogen-bond acceptors (Lipinski definition) is 2. The Bertz CT molecular complexity index is 849. The Balaban J connectivity index is 2.42. The zero-order chi connectivity index (χ0) is 14.3. The van der Waals surface area contributed by atoms with Gasteiger partial charge in [0.15, 0.2) is 0 Å². The molecule has 0 unspecified atom stereocenters. The van der Waals surface area contributed by atoms with Gasteiger partial charge in [0.1, 0.15) is 5.52 Å². The fraction of sp³-hybridized carbons (Fsp3) is 0.125. The monoisotopic (exact) mass is 266 g/mol. The molecule has 0 radical (unpaired) electrons. The van der Waals surface area contributed by atoms with Crippen LogP contribution >= 0.6 is 0 Å². The van der Waals surface area contributed by atoms with Crippen LogP contribution in [0.25, 0.3) is 22.3 Å². The zero-order valence-electron chi connectivity index (χ0n) is 11.3. The average Bonchev–Trinajstić information content (AvgIpc) is 2.47. The minimum atomic E-state index is 0.378. The van der Waals surface area contributed by atoms with E-state index in [-0.39, 0.29) is 0 Å². The first kappa shape index (κ1) is 12.4. The molecule has 4 heteroatoms. The summed E-state index contributed by atoms with van der Waals surface area (Å²) < 4.78 is 1.66. The molecule has 3 rings (SSSR count). The van der Waals surface area contributed by atoms with Gasteiger partial charge in [-0.15, -0.1) is 0 Å². The van der Waals surface area contributed by atoms with Gasteiger partial charge >= 0.3 is 0 Å². The maximum atomic E-state index is 12.6. The molecule has 0 aliphatic heterocycles. The highest BCUT2D eigenvalue weighted by molar-refractivity contribution is 5.75. The summed E-state index contributed by atoms with van der Waals surface area (Å²) in [5.41, 5.74) is 3.43. The van der Waals surface area contributed by atoms with E-state index < -0.39 is 0 Å². The number of aryl methyl sites for hydroxylation is 1. The van der Waals surface area contributed by atoms with E-state index in [1.54, 1.807) is 31.2 Å². The second kappa shape index (κ2) is 4.49. The van der Waals surface area contributed by atoms with Crippen LogP contribution < -0.4 is 4.43 Å². The first-order valence-electron chi connectivity index (χ1n) is 6.41. The van der Waals surface area contributed by atoms with E-state index in [1.807, 2.05) is 31.2 Å². The summed E-state index contributed by atoms with van der Waals surface area (Å²) >= 11 is 0. The van der Waals surface area contributed by atoms with E-state index in [9.17, 15) is 10.1 Å². The van der Waals surface area contributed by atoms with Crippen LogP contribution in [0.4, 0.5) is 0 Å². The standard InChI is InChI=1S/C16H14N2O2/c1-11-7-9-13(10-8-11)16-12(2)17(19)14-5-3-4-6-15(14)18(16)20/h3-10H,1-2H3. The SMILES string of the molecule is Cc1ccc(-c2c(C)n([O-])c3ccccc3[n+]2=O)cc1. The van der Waals surface area contributed by atoms with Gasteiger partial charge in [-0.05, 0) is 32.0 Å². The molecule has 3 aromatic rings. The molecule has 20 heavy (non-hydrogen) atoms. The van der Waals surface area contributed by atoms with Gasteiger partial charge in [0.05, 0.1) is 15.7 Å². The second-order valence-electron chi connectivity index (χ2n) is 4.88. The molecule has 0 amide bonds. The highest BCUT2D eigenvalue weighted by Gasteiger charge is 2.21. The summed E-state index contributed by atoms with van der Waals surface area (Å²) in [6.07, 6.45) is 0. The summed E-state index contributed by atoms with van der Waals surface area (Å²) in [6, 6.07) is 14.4. The normalized spacial score (nSPS) is 10.9. The van der Waals surface area contributed by atoms with Gasteiger partial charge in [0, 0.05) is 11.0 Å². The zero-order valence-corrected chi connectivity index (χ0v) is 11.3.